The number of hydrazone groups is 1. The average Bonchev–Trinajstić information content (AvgIpc) is 2.83. The molecule has 0 N–H and O–H groups in total. The van der Waals surface area contributed by atoms with E-state index in [1.54, 1.807) is 11.9 Å². The minimum absolute atomic E-state index is 0.0287. The number of hydrogen-bond acceptors (Lipinski definition) is 3. The molecule has 4 heteroatoms. The van der Waals surface area contributed by atoms with Gasteiger partial charge < -0.3 is 4.90 Å². The monoisotopic (exact) mass is 319 g/mol. The largest absolute Gasteiger partial charge is 0.352 e. The second-order valence-corrected chi connectivity index (χ2v) is 6.87. The number of para-hydroxylation sites is 1. The maximum Gasteiger partial charge on any atom is 0.241 e. The Balaban J connectivity index is 1.89. The first-order valence-corrected chi connectivity index (χ1v) is 8.27. The zero-order valence-electron chi connectivity index (χ0n) is 14.2. The number of anilines is 1. The van der Waals surface area contributed by atoms with Crippen LogP contribution >= 0.6 is 0 Å². The number of fused-ring (bicyclic) bond motifs is 3. The fourth-order valence-corrected chi connectivity index (χ4v) is 4.18. The van der Waals surface area contributed by atoms with Crippen molar-refractivity contribution in [3.8, 4) is 0 Å². The molecular weight excluding hydrogens is 298 g/mol. The molecule has 2 atom stereocenters. The van der Waals surface area contributed by atoms with E-state index in [1.165, 1.54) is 11.3 Å². The van der Waals surface area contributed by atoms with Crippen molar-refractivity contribution >= 4 is 17.3 Å². The van der Waals surface area contributed by atoms with Gasteiger partial charge in [-0.3, -0.25) is 4.79 Å². The van der Waals surface area contributed by atoms with Gasteiger partial charge in [0.1, 0.15) is 6.17 Å². The van der Waals surface area contributed by atoms with Crippen molar-refractivity contribution in [3.05, 3.63) is 65.7 Å². The number of hydrogen-bond donors (Lipinski definition) is 0. The number of benzene rings is 2. The van der Waals surface area contributed by atoms with Gasteiger partial charge in [0.2, 0.25) is 5.91 Å². The molecule has 0 bridgehead atoms. The zero-order valence-corrected chi connectivity index (χ0v) is 14.2. The lowest BCUT2D eigenvalue weighted by atomic mass is 9.75. The maximum atomic E-state index is 12.3. The summed E-state index contributed by atoms with van der Waals surface area (Å²) >= 11 is 0. The number of rotatable bonds is 1. The molecule has 2 aromatic rings. The summed E-state index contributed by atoms with van der Waals surface area (Å²) in [5.41, 5.74) is 4.34. The molecule has 0 saturated carbocycles. The number of carbonyl (C=O) groups excluding carboxylic acids is 1. The van der Waals surface area contributed by atoms with Crippen molar-refractivity contribution < 1.29 is 4.79 Å². The number of likely N-dealkylation sites (N-methyl/N-ethyl adjacent to an activating group) is 1. The molecule has 0 fully saturated rings. The molecule has 0 saturated heterocycles. The minimum Gasteiger partial charge on any atom is -0.352 e. The van der Waals surface area contributed by atoms with Gasteiger partial charge in [0.25, 0.3) is 0 Å². The Kier molecular flexibility index (Phi) is 3.23. The molecule has 24 heavy (non-hydrogen) atoms. The molecule has 4 rings (SSSR count). The van der Waals surface area contributed by atoms with E-state index in [1.807, 2.05) is 31.3 Å². The van der Waals surface area contributed by atoms with Crippen LogP contribution in [0.3, 0.4) is 0 Å². The van der Waals surface area contributed by atoms with Crippen molar-refractivity contribution in [2.75, 3.05) is 11.9 Å². The van der Waals surface area contributed by atoms with Crippen LogP contribution in [0.1, 0.15) is 31.4 Å². The standard InChI is InChI=1S/C20H21N3O/c1-14(24)23-19-20(2,16-11-7-8-12-18(16)22(19)3)13-17(21-23)15-9-5-4-6-10-15/h4-12,19H,13H2,1-3H3/t19-,20-/m1/s1. The van der Waals surface area contributed by atoms with Gasteiger partial charge in [0.15, 0.2) is 0 Å². The molecule has 0 aliphatic carbocycles. The Morgan fingerprint density at radius 2 is 1.79 bits per heavy atom. The van der Waals surface area contributed by atoms with Gasteiger partial charge in [-0.2, -0.15) is 5.10 Å². The maximum absolute atomic E-state index is 12.3. The fourth-order valence-electron chi connectivity index (χ4n) is 4.18. The highest BCUT2D eigenvalue weighted by Gasteiger charge is 2.53. The van der Waals surface area contributed by atoms with E-state index >= 15 is 0 Å². The fraction of sp³-hybridized carbons (Fsp3) is 0.300. The molecule has 122 valence electrons. The highest BCUT2D eigenvalue weighted by Crippen LogP contribution is 2.50. The Bertz CT molecular complexity index is 830. The molecule has 1 amide bonds. The van der Waals surface area contributed by atoms with Crippen molar-refractivity contribution in [1.82, 2.24) is 5.01 Å². The Morgan fingerprint density at radius 1 is 1.12 bits per heavy atom. The van der Waals surface area contributed by atoms with Gasteiger partial charge in [-0.05, 0) is 17.2 Å². The van der Waals surface area contributed by atoms with E-state index in [9.17, 15) is 4.79 Å². The van der Waals surface area contributed by atoms with Gasteiger partial charge in [-0.1, -0.05) is 55.5 Å². The van der Waals surface area contributed by atoms with E-state index in [-0.39, 0.29) is 17.5 Å². The Labute approximate surface area is 142 Å². The van der Waals surface area contributed by atoms with E-state index in [0.717, 1.165) is 17.7 Å². The van der Waals surface area contributed by atoms with Crippen LogP contribution in [0, 0.1) is 0 Å². The summed E-state index contributed by atoms with van der Waals surface area (Å²) < 4.78 is 0. The first-order chi connectivity index (χ1) is 11.5. The smallest absolute Gasteiger partial charge is 0.241 e. The average molecular weight is 319 g/mol. The van der Waals surface area contributed by atoms with Crippen molar-refractivity contribution in [2.24, 2.45) is 5.10 Å². The van der Waals surface area contributed by atoms with Crippen LogP contribution in [-0.4, -0.2) is 29.8 Å². The molecule has 4 nitrogen and oxygen atoms in total. The van der Waals surface area contributed by atoms with E-state index in [4.69, 9.17) is 5.10 Å². The zero-order chi connectivity index (χ0) is 16.9. The van der Waals surface area contributed by atoms with E-state index in [0.29, 0.717) is 0 Å². The number of carbonyl (C=O) groups is 1. The third-order valence-electron chi connectivity index (χ3n) is 5.26. The van der Waals surface area contributed by atoms with Gasteiger partial charge >= 0.3 is 0 Å². The summed E-state index contributed by atoms with van der Waals surface area (Å²) in [4.78, 5) is 14.5. The predicted octanol–water partition coefficient (Wildman–Crippen LogP) is 3.38. The van der Waals surface area contributed by atoms with Crippen molar-refractivity contribution in [1.29, 1.82) is 0 Å². The number of nitrogens with zero attached hydrogens (tertiary/aromatic N) is 3. The summed E-state index contributed by atoms with van der Waals surface area (Å²) in [6.45, 7) is 3.84. The van der Waals surface area contributed by atoms with Gasteiger partial charge in [-0.25, -0.2) is 5.01 Å². The summed E-state index contributed by atoms with van der Waals surface area (Å²) in [5.74, 6) is -0.0287. The van der Waals surface area contributed by atoms with Gasteiger partial charge in [0.05, 0.1) is 5.71 Å². The number of amides is 1. The molecule has 2 aromatic carbocycles. The summed E-state index contributed by atoms with van der Waals surface area (Å²) in [5, 5.41) is 6.39. The van der Waals surface area contributed by atoms with E-state index in [2.05, 4.69) is 42.2 Å². The second-order valence-electron chi connectivity index (χ2n) is 6.87. The van der Waals surface area contributed by atoms with Crippen LogP contribution in [0.4, 0.5) is 5.69 Å². The second kappa shape index (κ2) is 5.20. The third-order valence-corrected chi connectivity index (χ3v) is 5.26. The predicted molar refractivity (Wildman–Crippen MR) is 96.1 cm³/mol. The summed E-state index contributed by atoms with van der Waals surface area (Å²) in [6, 6.07) is 18.6. The topological polar surface area (TPSA) is 35.9 Å². The van der Waals surface area contributed by atoms with Crippen molar-refractivity contribution in [3.63, 3.8) is 0 Å². The SMILES string of the molecule is CC(=O)N1N=C(c2ccccc2)C[C@]2(C)c3ccccc3N(C)[C@H]12. The van der Waals surface area contributed by atoms with Crippen LogP contribution in [-0.2, 0) is 10.2 Å². The third kappa shape index (κ3) is 1.99. The summed E-state index contributed by atoms with van der Waals surface area (Å²) in [7, 11) is 2.05. The lowest BCUT2D eigenvalue weighted by Gasteiger charge is -2.43. The molecule has 2 aliphatic heterocycles. The first kappa shape index (κ1) is 14.9. The van der Waals surface area contributed by atoms with Crippen LogP contribution < -0.4 is 4.90 Å². The Hall–Kier alpha value is -2.62. The lowest BCUT2D eigenvalue weighted by molar-refractivity contribution is -0.132. The van der Waals surface area contributed by atoms with Crippen LogP contribution in [0.5, 0.6) is 0 Å². The molecule has 0 unspecified atom stereocenters. The normalized spacial score (nSPS) is 25.1. The highest BCUT2D eigenvalue weighted by molar-refractivity contribution is 6.03. The molecule has 0 radical (unpaired) electrons. The molecular formula is C20H21N3O. The Morgan fingerprint density at radius 3 is 2.50 bits per heavy atom. The van der Waals surface area contributed by atoms with Crippen LogP contribution in [0.15, 0.2) is 59.7 Å². The van der Waals surface area contributed by atoms with Gasteiger partial charge in [0, 0.05) is 31.5 Å². The van der Waals surface area contributed by atoms with Crippen LogP contribution in [0.25, 0.3) is 0 Å². The summed E-state index contributed by atoms with van der Waals surface area (Å²) in [6.07, 6.45) is 0.729. The quantitative estimate of drug-likeness (QED) is 0.808. The molecule has 2 heterocycles. The van der Waals surface area contributed by atoms with Crippen LogP contribution in [0.2, 0.25) is 0 Å². The lowest BCUT2D eigenvalue weighted by Crippen LogP contribution is -2.57. The van der Waals surface area contributed by atoms with Crippen molar-refractivity contribution in [2.45, 2.75) is 31.8 Å². The minimum atomic E-state index is -0.177. The van der Waals surface area contributed by atoms with Gasteiger partial charge in [-0.15, -0.1) is 0 Å². The first-order valence-electron chi connectivity index (χ1n) is 8.27. The molecule has 0 aromatic heterocycles. The van der Waals surface area contributed by atoms with E-state index < -0.39 is 0 Å². The molecule has 2 aliphatic rings. The highest BCUT2D eigenvalue weighted by atomic mass is 16.2. The molecule has 0 spiro atoms.